The molecule has 0 saturated carbocycles. The van der Waals surface area contributed by atoms with Gasteiger partial charge in [0.05, 0.1) is 11.8 Å². The molecule has 6 nitrogen and oxygen atoms in total. The van der Waals surface area contributed by atoms with Gasteiger partial charge in [-0.25, -0.2) is 23.1 Å². The first-order chi connectivity index (χ1) is 9.04. The van der Waals surface area contributed by atoms with E-state index in [9.17, 15) is 8.42 Å². The first-order valence-corrected chi connectivity index (χ1v) is 7.84. The smallest absolute Gasteiger partial charge is 0.223 e. The second-order valence-electron chi connectivity index (χ2n) is 4.20. The molecule has 2 aromatic rings. The second-order valence-corrected chi connectivity index (χ2v) is 6.03. The van der Waals surface area contributed by atoms with Crippen molar-refractivity contribution in [1.82, 2.24) is 14.7 Å². The van der Waals surface area contributed by atoms with Gasteiger partial charge in [0, 0.05) is 24.7 Å². The van der Waals surface area contributed by atoms with Gasteiger partial charge in [-0.3, -0.25) is 0 Å². The molecule has 0 amide bonds. The molecule has 0 fully saturated rings. The van der Waals surface area contributed by atoms with E-state index < -0.39 is 10.0 Å². The van der Waals surface area contributed by atoms with Gasteiger partial charge in [-0.05, 0) is 12.5 Å². The number of aromatic nitrogens is 2. The Hall–Kier alpha value is -1.73. The van der Waals surface area contributed by atoms with Crippen molar-refractivity contribution < 1.29 is 8.42 Å². The number of rotatable bonds is 6. The van der Waals surface area contributed by atoms with Crippen LogP contribution in [0.3, 0.4) is 0 Å². The molecule has 19 heavy (non-hydrogen) atoms. The fourth-order valence-corrected chi connectivity index (χ4v) is 2.12. The molecule has 2 N–H and O–H groups in total. The van der Waals surface area contributed by atoms with Crippen LogP contribution >= 0.6 is 0 Å². The molecule has 1 aromatic heterocycles. The van der Waals surface area contributed by atoms with E-state index in [1.54, 1.807) is 6.20 Å². The van der Waals surface area contributed by atoms with Crippen LogP contribution in [0.15, 0.2) is 30.5 Å². The van der Waals surface area contributed by atoms with Gasteiger partial charge in [-0.15, -0.1) is 0 Å². The van der Waals surface area contributed by atoms with Crippen molar-refractivity contribution in [3.05, 3.63) is 30.5 Å². The van der Waals surface area contributed by atoms with Crippen molar-refractivity contribution in [2.45, 2.75) is 6.42 Å². The summed E-state index contributed by atoms with van der Waals surface area (Å²) in [6, 6.07) is 7.74. The molecule has 0 spiro atoms. The molecule has 0 aliphatic rings. The second kappa shape index (κ2) is 5.94. The van der Waals surface area contributed by atoms with Gasteiger partial charge in [0.15, 0.2) is 0 Å². The van der Waals surface area contributed by atoms with Crippen LogP contribution in [0.2, 0.25) is 0 Å². The van der Waals surface area contributed by atoms with Gasteiger partial charge in [0.25, 0.3) is 0 Å². The summed E-state index contributed by atoms with van der Waals surface area (Å²) in [5.74, 6) is 0.554. The summed E-state index contributed by atoms with van der Waals surface area (Å²) in [7, 11) is -3.11. The van der Waals surface area contributed by atoms with Crippen molar-refractivity contribution >= 4 is 26.9 Å². The molecule has 0 unspecified atom stereocenters. The molecule has 0 aliphatic carbocycles. The first kappa shape index (κ1) is 13.7. The summed E-state index contributed by atoms with van der Waals surface area (Å²) < 4.78 is 24.1. The molecule has 1 aromatic carbocycles. The number of para-hydroxylation sites is 1. The normalized spacial score (nSPS) is 11.6. The average molecular weight is 280 g/mol. The van der Waals surface area contributed by atoms with Crippen LogP contribution in [0.25, 0.3) is 10.9 Å². The van der Waals surface area contributed by atoms with Crippen molar-refractivity contribution in [1.29, 1.82) is 0 Å². The highest BCUT2D eigenvalue weighted by Crippen LogP contribution is 2.11. The Labute approximate surface area is 112 Å². The quantitative estimate of drug-likeness (QED) is 0.771. The van der Waals surface area contributed by atoms with Gasteiger partial charge in [-0.1, -0.05) is 18.2 Å². The Balaban J connectivity index is 1.85. The van der Waals surface area contributed by atoms with E-state index in [0.717, 1.165) is 17.2 Å². The molecular formula is C12H16N4O2S. The monoisotopic (exact) mass is 280 g/mol. The first-order valence-electron chi connectivity index (χ1n) is 5.95. The Morgan fingerprint density at radius 1 is 1.21 bits per heavy atom. The van der Waals surface area contributed by atoms with E-state index >= 15 is 0 Å². The average Bonchev–Trinajstić information content (AvgIpc) is 2.37. The minimum absolute atomic E-state index is 0.402. The minimum Gasteiger partial charge on any atom is -0.354 e. The van der Waals surface area contributed by atoms with Crippen molar-refractivity contribution in [3.8, 4) is 0 Å². The number of hydrogen-bond acceptors (Lipinski definition) is 5. The lowest BCUT2D eigenvalue weighted by Crippen LogP contribution is -2.24. The fraction of sp³-hybridized carbons (Fsp3) is 0.333. The zero-order valence-electron chi connectivity index (χ0n) is 10.6. The number of benzene rings is 1. The molecule has 2 rings (SSSR count). The van der Waals surface area contributed by atoms with Crippen molar-refractivity contribution in [3.63, 3.8) is 0 Å². The molecule has 1 heterocycles. The predicted octanol–water partition coefficient (Wildman–Crippen LogP) is 0.981. The maximum Gasteiger partial charge on any atom is 0.223 e. The Morgan fingerprint density at radius 3 is 2.79 bits per heavy atom. The standard InChI is InChI=1S/C12H16N4O2S/c1-19(17,18)15-8-4-7-13-12-14-9-10-5-2-3-6-11(10)16-12/h2-3,5-6,9,15H,4,7-8H2,1H3,(H,13,14,16). The Morgan fingerprint density at radius 2 is 2.00 bits per heavy atom. The molecule has 0 bridgehead atoms. The van der Waals surface area contributed by atoms with Crippen LogP contribution < -0.4 is 10.0 Å². The van der Waals surface area contributed by atoms with Gasteiger partial charge >= 0.3 is 0 Å². The highest BCUT2D eigenvalue weighted by atomic mass is 32.2. The summed E-state index contributed by atoms with van der Waals surface area (Å²) >= 11 is 0. The van der Waals surface area contributed by atoms with E-state index in [1.165, 1.54) is 0 Å². The molecule has 0 atom stereocenters. The van der Waals surface area contributed by atoms with Crippen LogP contribution in [0.4, 0.5) is 5.95 Å². The topological polar surface area (TPSA) is 84.0 Å². The number of anilines is 1. The van der Waals surface area contributed by atoms with Crippen LogP contribution in [0.1, 0.15) is 6.42 Å². The molecule has 0 radical (unpaired) electrons. The third-order valence-electron chi connectivity index (χ3n) is 2.49. The number of hydrogen-bond donors (Lipinski definition) is 2. The molecular weight excluding hydrogens is 264 g/mol. The van der Waals surface area contributed by atoms with Gasteiger partial charge in [-0.2, -0.15) is 0 Å². The van der Waals surface area contributed by atoms with E-state index in [1.807, 2.05) is 24.3 Å². The molecule has 0 saturated heterocycles. The van der Waals surface area contributed by atoms with Crippen LogP contribution in [0.5, 0.6) is 0 Å². The number of sulfonamides is 1. The summed E-state index contributed by atoms with van der Waals surface area (Å²) in [5.41, 5.74) is 0.884. The predicted molar refractivity (Wildman–Crippen MR) is 75.5 cm³/mol. The number of fused-ring (bicyclic) bond motifs is 1. The zero-order valence-corrected chi connectivity index (χ0v) is 11.4. The number of nitrogens with one attached hydrogen (secondary N) is 2. The van der Waals surface area contributed by atoms with E-state index in [2.05, 4.69) is 20.0 Å². The summed E-state index contributed by atoms with van der Waals surface area (Å²) in [6.07, 6.45) is 3.58. The Bertz CT molecular complexity index is 658. The van der Waals surface area contributed by atoms with Crippen molar-refractivity contribution in [2.24, 2.45) is 0 Å². The third-order valence-corrected chi connectivity index (χ3v) is 3.22. The third kappa shape index (κ3) is 4.46. The highest BCUT2D eigenvalue weighted by Gasteiger charge is 2.00. The summed E-state index contributed by atoms with van der Waals surface area (Å²) in [4.78, 5) is 8.55. The lowest BCUT2D eigenvalue weighted by Gasteiger charge is -2.05. The van der Waals surface area contributed by atoms with Crippen LogP contribution in [-0.4, -0.2) is 37.7 Å². The van der Waals surface area contributed by atoms with E-state index in [0.29, 0.717) is 25.5 Å². The molecule has 0 aliphatic heterocycles. The summed E-state index contributed by atoms with van der Waals surface area (Å²) in [6.45, 7) is 1.01. The van der Waals surface area contributed by atoms with E-state index in [-0.39, 0.29) is 0 Å². The van der Waals surface area contributed by atoms with Gasteiger partial charge in [0.2, 0.25) is 16.0 Å². The lowest BCUT2D eigenvalue weighted by atomic mass is 10.2. The fourth-order valence-electron chi connectivity index (χ4n) is 1.60. The largest absolute Gasteiger partial charge is 0.354 e. The molecule has 7 heteroatoms. The Kier molecular flexibility index (Phi) is 4.28. The van der Waals surface area contributed by atoms with Gasteiger partial charge < -0.3 is 5.32 Å². The summed E-state index contributed by atoms with van der Waals surface area (Å²) in [5, 5.41) is 4.06. The maximum absolute atomic E-state index is 10.9. The van der Waals surface area contributed by atoms with Crippen LogP contribution in [0, 0.1) is 0 Å². The highest BCUT2D eigenvalue weighted by molar-refractivity contribution is 7.88. The maximum atomic E-state index is 10.9. The SMILES string of the molecule is CS(=O)(=O)NCCCNc1ncc2ccccc2n1. The van der Waals surface area contributed by atoms with E-state index in [4.69, 9.17) is 0 Å². The van der Waals surface area contributed by atoms with Crippen molar-refractivity contribution in [2.75, 3.05) is 24.7 Å². The van der Waals surface area contributed by atoms with Gasteiger partial charge in [0.1, 0.15) is 0 Å². The zero-order chi connectivity index (χ0) is 13.7. The number of nitrogens with zero attached hydrogens (tertiary/aromatic N) is 2. The van der Waals surface area contributed by atoms with Crippen LogP contribution in [-0.2, 0) is 10.0 Å². The lowest BCUT2D eigenvalue weighted by molar-refractivity contribution is 0.586. The minimum atomic E-state index is -3.11. The molecule has 102 valence electrons.